The van der Waals surface area contributed by atoms with Gasteiger partial charge < -0.3 is 0 Å². The Morgan fingerprint density at radius 2 is 1.59 bits per heavy atom. The molecule has 0 spiro atoms. The predicted octanol–water partition coefficient (Wildman–Crippen LogP) is 1.38. The van der Waals surface area contributed by atoms with Gasteiger partial charge in [0, 0.05) is 13.1 Å². The highest BCUT2D eigenvalue weighted by Crippen LogP contribution is 2.27. The van der Waals surface area contributed by atoms with E-state index in [-0.39, 0.29) is 11.9 Å². The summed E-state index contributed by atoms with van der Waals surface area (Å²) < 4.78 is 0. The Labute approximate surface area is 101 Å². The topological polar surface area (TPSA) is 57.7 Å². The quantitative estimate of drug-likeness (QED) is 0.648. The molecular formula is C12H18N2O3. The molecule has 0 bridgehead atoms. The van der Waals surface area contributed by atoms with Crippen molar-refractivity contribution in [1.82, 2.24) is 9.80 Å². The number of urea groups is 1. The van der Waals surface area contributed by atoms with Gasteiger partial charge in [0.1, 0.15) is 5.92 Å². The first kappa shape index (κ1) is 12.1. The van der Waals surface area contributed by atoms with Gasteiger partial charge in [-0.1, -0.05) is 19.3 Å². The first-order chi connectivity index (χ1) is 8.04. The minimum Gasteiger partial charge on any atom is -0.273 e. The summed E-state index contributed by atoms with van der Waals surface area (Å²) in [5, 5.41) is 0. The van der Waals surface area contributed by atoms with Crippen LogP contribution in [0.1, 0.15) is 39.0 Å². The lowest BCUT2D eigenvalue weighted by molar-refractivity contribution is -0.149. The lowest BCUT2D eigenvalue weighted by Gasteiger charge is -2.39. The zero-order valence-corrected chi connectivity index (χ0v) is 10.3. The summed E-state index contributed by atoms with van der Waals surface area (Å²) in [7, 11) is 1.45. The van der Waals surface area contributed by atoms with Crippen LogP contribution in [0.15, 0.2) is 0 Å². The number of carbonyl (C=O) groups is 3. The smallest absolute Gasteiger partial charge is 0.273 e. The molecule has 2 fully saturated rings. The van der Waals surface area contributed by atoms with Crippen LogP contribution in [0.25, 0.3) is 0 Å². The monoisotopic (exact) mass is 238 g/mol. The summed E-state index contributed by atoms with van der Waals surface area (Å²) in [5.74, 6) is -1.45. The van der Waals surface area contributed by atoms with Crippen molar-refractivity contribution in [2.75, 3.05) is 7.05 Å². The largest absolute Gasteiger partial charge is 0.333 e. The van der Waals surface area contributed by atoms with Crippen molar-refractivity contribution in [3.05, 3.63) is 0 Å². The first-order valence-electron chi connectivity index (χ1n) is 6.18. The molecule has 0 aromatic rings. The molecule has 1 saturated carbocycles. The molecular weight excluding hydrogens is 220 g/mol. The van der Waals surface area contributed by atoms with Crippen molar-refractivity contribution in [2.24, 2.45) is 5.92 Å². The van der Waals surface area contributed by atoms with E-state index in [0.29, 0.717) is 0 Å². The molecule has 2 aliphatic rings. The molecule has 1 heterocycles. The van der Waals surface area contributed by atoms with E-state index >= 15 is 0 Å². The lowest BCUT2D eigenvalue weighted by atomic mass is 9.92. The third-order valence-electron chi connectivity index (χ3n) is 3.74. The van der Waals surface area contributed by atoms with Gasteiger partial charge in [-0.15, -0.1) is 0 Å². The molecule has 1 aliphatic heterocycles. The maximum Gasteiger partial charge on any atom is 0.333 e. The molecule has 0 radical (unpaired) electrons. The van der Waals surface area contributed by atoms with Crippen LogP contribution in [0, 0.1) is 5.92 Å². The highest BCUT2D eigenvalue weighted by molar-refractivity contribution is 6.15. The fraction of sp³-hybridized carbons (Fsp3) is 0.750. The zero-order valence-electron chi connectivity index (χ0n) is 10.3. The van der Waals surface area contributed by atoms with E-state index in [1.54, 1.807) is 6.92 Å². The van der Waals surface area contributed by atoms with E-state index in [2.05, 4.69) is 0 Å². The molecule has 1 saturated heterocycles. The summed E-state index contributed by atoms with van der Waals surface area (Å²) in [5.41, 5.74) is 0. The average molecular weight is 238 g/mol. The van der Waals surface area contributed by atoms with E-state index in [4.69, 9.17) is 0 Å². The molecule has 0 aromatic carbocycles. The molecule has 1 unspecified atom stereocenters. The number of hydrogen-bond donors (Lipinski definition) is 0. The Kier molecular flexibility index (Phi) is 3.17. The van der Waals surface area contributed by atoms with Crippen LogP contribution in [-0.2, 0) is 9.59 Å². The molecule has 5 nitrogen and oxygen atoms in total. The van der Waals surface area contributed by atoms with E-state index in [0.717, 1.165) is 37.0 Å². The summed E-state index contributed by atoms with van der Waals surface area (Å²) in [6, 6.07) is -0.466. The molecule has 4 amide bonds. The Balaban J connectivity index is 2.22. The van der Waals surface area contributed by atoms with E-state index < -0.39 is 17.9 Å². The summed E-state index contributed by atoms with van der Waals surface area (Å²) in [6.07, 6.45) is 5.00. The lowest BCUT2D eigenvalue weighted by Crippen LogP contribution is -2.60. The maximum atomic E-state index is 12.0. The van der Waals surface area contributed by atoms with E-state index in [9.17, 15) is 14.4 Å². The molecule has 1 atom stereocenters. The van der Waals surface area contributed by atoms with Crippen molar-refractivity contribution in [2.45, 2.75) is 45.1 Å². The van der Waals surface area contributed by atoms with E-state index in [1.165, 1.54) is 11.9 Å². The third kappa shape index (κ3) is 1.94. The number of rotatable bonds is 1. The number of carbonyl (C=O) groups excluding carboxylic acids is 3. The van der Waals surface area contributed by atoms with Gasteiger partial charge in [0.15, 0.2) is 0 Å². The van der Waals surface area contributed by atoms with Gasteiger partial charge in [-0.25, -0.2) is 4.79 Å². The van der Waals surface area contributed by atoms with Crippen LogP contribution in [0.3, 0.4) is 0 Å². The highest BCUT2D eigenvalue weighted by Gasteiger charge is 2.44. The second-order valence-electron chi connectivity index (χ2n) is 4.90. The Bertz CT molecular complexity index is 337. The first-order valence-corrected chi connectivity index (χ1v) is 6.18. The van der Waals surface area contributed by atoms with Crippen LogP contribution in [0.5, 0.6) is 0 Å². The molecule has 5 heteroatoms. The number of barbiturate groups is 1. The van der Waals surface area contributed by atoms with E-state index in [1.807, 2.05) is 0 Å². The maximum absolute atomic E-state index is 12.0. The average Bonchev–Trinajstić information content (AvgIpc) is 2.36. The predicted molar refractivity (Wildman–Crippen MR) is 61.0 cm³/mol. The van der Waals surface area contributed by atoms with Crippen molar-refractivity contribution in [3.63, 3.8) is 0 Å². The minimum atomic E-state index is -0.723. The zero-order chi connectivity index (χ0) is 12.6. The highest BCUT2D eigenvalue weighted by atomic mass is 16.2. The molecule has 17 heavy (non-hydrogen) atoms. The summed E-state index contributed by atoms with van der Waals surface area (Å²) in [4.78, 5) is 38.1. The number of hydrogen-bond acceptors (Lipinski definition) is 3. The second-order valence-corrected chi connectivity index (χ2v) is 4.90. The van der Waals surface area contributed by atoms with Crippen LogP contribution in [0.2, 0.25) is 0 Å². The number of nitrogens with zero attached hydrogens (tertiary/aromatic N) is 2. The Morgan fingerprint density at radius 1 is 1.00 bits per heavy atom. The summed E-state index contributed by atoms with van der Waals surface area (Å²) in [6.45, 7) is 1.57. The van der Waals surface area contributed by atoms with Gasteiger partial charge in [-0.05, 0) is 19.8 Å². The molecule has 0 aromatic heterocycles. The molecule has 1 aliphatic carbocycles. The minimum absolute atomic E-state index is 0.0123. The molecule has 94 valence electrons. The normalized spacial score (nSPS) is 27.9. The van der Waals surface area contributed by atoms with Crippen molar-refractivity contribution in [1.29, 1.82) is 0 Å². The van der Waals surface area contributed by atoms with Crippen LogP contribution in [-0.4, -0.2) is 40.7 Å². The fourth-order valence-electron chi connectivity index (χ4n) is 2.63. The van der Waals surface area contributed by atoms with Gasteiger partial charge in [0.05, 0.1) is 0 Å². The van der Waals surface area contributed by atoms with Gasteiger partial charge in [-0.2, -0.15) is 0 Å². The SMILES string of the molecule is CC1C(=O)N(C)C(=O)N(C2CCCCC2)C1=O. The van der Waals surface area contributed by atoms with Gasteiger partial charge in [0.2, 0.25) is 11.8 Å². The van der Waals surface area contributed by atoms with Gasteiger partial charge >= 0.3 is 6.03 Å². The molecule has 2 rings (SSSR count). The van der Waals surface area contributed by atoms with Crippen LogP contribution >= 0.6 is 0 Å². The fourth-order valence-corrected chi connectivity index (χ4v) is 2.63. The second kappa shape index (κ2) is 4.47. The number of imide groups is 2. The Morgan fingerprint density at radius 3 is 2.18 bits per heavy atom. The van der Waals surface area contributed by atoms with Crippen molar-refractivity contribution < 1.29 is 14.4 Å². The van der Waals surface area contributed by atoms with Crippen molar-refractivity contribution in [3.8, 4) is 0 Å². The van der Waals surface area contributed by atoms with Crippen LogP contribution in [0.4, 0.5) is 4.79 Å². The third-order valence-corrected chi connectivity index (χ3v) is 3.74. The van der Waals surface area contributed by atoms with Gasteiger partial charge in [0.25, 0.3) is 0 Å². The summed E-state index contributed by atoms with van der Waals surface area (Å²) >= 11 is 0. The van der Waals surface area contributed by atoms with Crippen molar-refractivity contribution >= 4 is 17.8 Å². The molecule has 0 N–H and O–H groups in total. The van der Waals surface area contributed by atoms with Crippen LogP contribution < -0.4 is 0 Å². The standard InChI is InChI=1S/C12H18N2O3/c1-8-10(15)13(2)12(17)14(11(8)16)9-6-4-3-5-7-9/h8-9H,3-7H2,1-2H3. The Hall–Kier alpha value is -1.39. The number of amides is 4. The van der Waals surface area contributed by atoms with Gasteiger partial charge in [-0.3, -0.25) is 19.4 Å².